The summed E-state index contributed by atoms with van der Waals surface area (Å²) in [4.78, 5) is 73.4. The van der Waals surface area contributed by atoms with Gasteiger partial charge in [0.25, 0.3) is 0 Å². The van der Waals surface area contributed by atoms with Crippen molar-refractivity contribution in [2.24, 2.45) is 23.7 Å². The average Bonchev–Trinajstić information content (AvgIpc) is 3.61. The van der Waals surface area contributed by atoms with Crippen molar-refractivity contribution >= 4 is 29.6 Å². The maximum absolute atomic E-state index is 14.2. The molecule has 1 saturated heterocycles. The van der Waals surface area contributed by atoms with E-state index in [1.165, 1.54) is 14.2 Å². The highest BCUT2D eigenvalue weighted by Crippen LogP contribution is 2.30. The van der Waals surface area contributed by atoms with Gasteiger partial charge in [-0.15, -0.1) is 0 Å². The zero-order valence-corrected chi connectivity index (χ0v) is 34.4. The summed E-state index contributed by atoms with van der Waals surface area (Å²) >= 11 is 0. The van der Waals surface area contributed by atoms with Crippen molar-refractivity contribution in [2.45, 2.75) is 117 Å². The van der Waals surface area contributed by atoms with Crippen molar-refractivity contribution in [3.05, 3.63) is 35.9 Å². The Morgan fingerprint density at radius 3 is 1.98 bits per heavy atom. The van der Waals surface area contributed by atoms with Gasteiger partial charge >= 0.3 is 5.97 Å². The molecule has 4 amide bonds. The van der Waals surface area contributed by atoms with E-state index < -0.39 is 60.2 Å². The Hall–Kier alpha value is -3.55. The molecule has 0 radical (unpaired) electrons. The van der Waals surface area contributed by atoms with Crippen molar-refractivity contribution in [1.29, 1.82) is 0 Å². The lowest BCUT2D eigenvalue weighted by atomic mass is 9.89. The second kappa shape index (κ2) is 21.4. The molecule has 2 rings (SSSR count). The van der Waals surface area contributed by atoms with E-state index in [0.29, 0.717) is 18.5 Å². The second-order valence-electron chi connectivity index (χ2n) is 15.3. The Balaban J connectivity index is 2.30. The number of likely N-dealkylation sites (N-methyl/N-ethyl adjacent to an activating group) is 2. The topological polar surface area (TPSA) is 147 Å². The van der Waals surface area contributed by atoms with E-state index in [1.54, 1.807) is 55.1 Å². The summed E-state index contributed by atoms with van der Waals surface area (Å²) in [5.41, 5.74) is 0.590. The molecule has 1 heterocycles. The molecule has 0 aliphatic carbocycles. The van der Waals surface area contributed by atoms with E-state index >= 15 is 0 Å². The number of carbonyl (C=O) groups is 5. The lowest BCUT2D eigenvalue weighted by Gasteiger charge is -2.41. The first kappa shape index (κ1) is 45.6. The molecule has 1 aromatic carbocycles. The number of ether oxygens (including phenoxy) is 3. The summed E-state index contributed by atoms with van der Waals surface area (Å²) in [6.45, 7) is 14.0. The number of likely N-dealkylation sites (tertiary alicyclic amines) is 1. The molecule has 1 aromatic rings. The Morgan fingerprint density at radius 2 is 1.49 bits per heavy atom. The molecule has 1 aliphatic rings. The van der Waals surface area contributed by atoms with E-state index in [-0.39, 0.29) is 41.9 Å². The lowest BCUT2D eigenvalue weighted by molar-refractivity contribution is -0.149. The first-order chi connectivity index (χ1) is 25.0. The molecule has 1 fully saturated rings. The molecule has 0 saturated carbocycles. The van der Waals surface area contributed by atoms with E-state index in [2.05, 4.69) is 10.6 Å². The first-order valence-electron chi connectivity index (χ1n) is 19.0. The minimum atomic E-state index is -0.997. The van der Waals surface area contributed by atoms with Crippen LogP contribution in [-0.4, -0.2) is 130 Å². The van der Waals surface area contributed by atoms with Crippen molar-refractivity contribution in [3.8, 4) is 0 Å². The number of nitrogens with one attached hydrogen (secondary N) is 2. The summed E-state index contributed by atoms with van der Waals surface area (Å²) < 4.78 is 16.9. The summed E-state index contributed by atoms with van der Waals surface area (Å²) in [7, 11) is 9.77. The van der Waals surface area contributed by atoms with Crippen molar-refractivity contribution in [3.63, 3.8) is 0 Å². The van der Waals surface area contributed by atoms with Gasteiger partial charge in [-0.1, -0.05) is 85.2 Å². The minimum absolute atomic E-state index is 0.00379. The van der Waals surface area contributed by atoms with Crippen LogP contribution in [0, 0.1) is 23.7 Å². The Kier molecular flexibility index (Phi) is 18.4. The van der Waals surface area contributed by atoms with E-state index in [9.17, 15) is 24.0 Å². The van der Waals surface area contributed by atoms with Crippen molar-refractivity contribution in [2.75, 3.05) is 49.0 Å². The Bertz CT molecular complexity index is 1330. The zero-order valence-electron chi connectivity index (χ0n) is 34.4. The zero-order chi connectivity index (χ0) is 40.2. The van der Waals surface area contributed by atoms with Crippen LogP contribution in [0.4, 0.5) is 0 Å². The van der Waals surface area contributed by atoms with Gasteiger partial charge in [-0.05, 0) is 50.3 Å². The van der Waals surface area contributed by atoms with Gasteiger partial charge in [0.2, 0.25) is 23.6 Å². The molecular formula is C40H67N5O8. The molecule has 0 spiro atoms. The van der Waals surface area contributed by atoms with Gasteiger partial charge in [0, 0.05) is 27.8 Å². The summed E-state index contributed by atoms with van der Waals surface area (Å²) in [5.74, 6) is -2.51. The molecule has 1 unspecified atom stereocenters. The summed E-state index contributed by atoms with van der Waals surface area (Å²) in [5, 5.41) is 5.86. The molecule has 13 heteroatoms. The quantitative estimate of drug-likeness (QED) is 0.191. The first-order valence-corrected chi connectivity index (χ1v) is 19.0. The highest BCUT2D eigenvalue weighted by molar-refractivity contribution is 5.90. The third-order valence-corrected chi connectivity index (χ3v) is 10.8. The van der Waals surface area contributed by atoms with Crippen molar-refractivity contribution in [1.82, 2.24) is 25.3 Å². The van der Waals surface area contributed by atoms with E-state index in [0.717, 1.165) is 12.8 Å². The van der Waals surface area contributed by atoms with Gasteiger partial charge in [-0.25, -0.2) is 4.79 Å². The smallest absolute Gasteiger partial charge is 0.333 e. The third kappa shape index (κ3) is 11.7. The average molecular weight is 746 g/mol. The maximum Gasteiger partial charge on any atom is 0.333 e. The molecule has 13 nitrogen and oxygen atoms in total. The number of hydrogen-bond acceptors (Lipinski definition) is 9. The third-order valence-electron chi connectivity index (χ3n) is 10.8. The van der Waals surface area contributed by atoms with Crippen molar-refractivity contribution < 1.29 is 38.2 Å². The molecule has 300 valence electrons. The SMILES string of the molecule is CC[C@H](C)[C@@H]([C@@H](CC(=O)N1CCC[C@H]1[C@H](OC)[C@@H](C)C(=O)NC(C(=O)OC)c1ccccc1)OC)N(C)C(=O)[C@@H](NC(=O)[C@H](C(C)C)N(C)C)C(C)C. The molecule has 9 atom stereocenters. The molecule has 0 bridgehead atoms. The molecule has 1 aliphatic heterocycles. The van der Waals surface area contributed by atoms with Gasteiger partial charge in [-0.3, -0.25) is 24.1 Å². The van der Waals surface area contributed by atoms with Crippen LogP contribution >= 0.6 is 0 Å². The number of nitrogens with zero attached hydrogens (tertiary/aromatic N) is 3. The fourth-order valence-electron chi connectivity index (χ4n) is 7.73. The van der Waals surface area contributed by atoms with Crippen LogP contribution in [0.15, 0.2) is 30.3 Å². The minimum Gasteiger partial charge on any atom is -0.467 e. The lowest BCUT2D eigenvalue weighted by Crippen LogP contribution is -2.59. The normalized spacial score (nSPS) is 19.2. The fourth-order valence-corrected chi connectivity index (χ4v) is 7.73. The van der Waals surface area contributed by atoms with Gasteiger partial charge in [0.05, 0.1) is 49.8 Å². The number of amides is 4. The van der Waals surface area contributed by atoms with Gasteiger partial charge in [0.15, 0.2) is 6.04 Å². The number of rotatable bonds is 20. The number of esters is 1. The fraction of sp³-hybridized carbons (Fsp3) is 0.725. The summed E-state index contributed by atoms with van der Waals surface area (Å²) in [6.07, 6.45) is 0.791. The Labute approximate surface area is 317 Å². The number of methoxy groups -OCH3 is 3. The van der Waals surface area contributed by atoms with Gasteiger partial charge in [0.1, 0.15) is 6.04 Å². The number of carbonyl (C=O) groups excluding carboxylic acids is 5. The van der Waals surface area contributed by atoms with Crippen LogP contribution in [0.25, 0.3) is 0 Å². The number of hydrogen-bond donors (Lipinski definition) is 2. The van der Waals surface area contributed by atoms with Crippen LogP contribution in [-0.2, 0) is 38.2 Å². The molecule has 53 heavy (non-hydrogen) atoms. The molecular weight excluding hydrogens is 678 g/mol. The van der Waals surface area contributed by atoms with Crippen LogP contribution < -0.4 is 10.6 Å². The van der Waals surface area contributed by atoms with Crippen LogP contribution in [0.5, 0.6) is 0 Å². The van der Waals surface area contributed by atoms with Crippen LogP contribution in [0.3, 0.4) is 0 Å². The number of benzene rings is 1. The highest BCUT2D eigenvalue weighted by Gasteiger charge is 2.43. The Morgan fingerprint density at radius 1 is 0.868 bits per heavy atom. The largest absolute Gasteiger partial charge is 0.467 e. The summed E-state index contributed by atoms with van der Waals surface area (Å²) in [6, 6.07) is 5.84. The maximum atomic E-state index is 14.2. The van der Waals surface area contributed by atoms with Gasteiger partial charge in [-0.2, -0.15) is 0 Å². The molecule has 2 N–H and O–H groups in total. The second-order valence-corrected chi connectivity index (χ2v) is 15.3. The van der Waals surface area contributed by atoms with E-state index in [1.807, 2.05) is 66.6 Å². The predicted molar refractivity (Wildman–Crippen MR) is 205 cm³/mol. The monoisotopic (exact) mass is 745 g/mol. The van der Waals surface area contributed by atoms with Gasteiger partial charge < -0.3 is 34.6 Å². The molecule has 0 aromatic heterocycles. The highest BCUT2D eigenvalue weighted by atomic mass is 16.5. The standard InChI is InChI=1S/C40H67N5O8/c1-14-26(6)35(44(10)39(49)32(24(2)3)41-38(48)34(25(4)5)43(8)9)30(51-11)23-31(46)45-22-18-21-29(45)36(52-12)27(7)37(47)42-33(40(50)53-13)28-19-16-15-17-20-28/h15-17,19-20,24-27,29-30,32-36H,14,18,21-23H2,1-13H3,(H,41,48)(H,42,47)/t26-,27+,29-,30+,32-,33?,34-,35-,36+/m0/s1. The van der Waals surface area contributed by atoms with Crippen LogP contribution in [0.2, 0.25) is 0 Å². The van der Waals surface area contributed by atoms with E-state index in [4.69, 9.17) is 14.2 Å². The van der Waals surface area contributed by atoms with Crippen LogP contribution in [0.1, 0.15) is 85.8 Å². The predicted octanol–water partition coefficient (Wildman–Crippen LogP) is 3.66.